The van der Waals surface area contributed by atoms with Crippen molar-refractivity contribution in [3.63, 3.8) is 0 Å². The van der Waals surface area contributed by atoms with Gasteiger partial charge >= 0.3 is 0 Å². The molecule has 2 heterocycles. The summed E-state index contributed by atoms with van der Waals surface area (Å²) in [6.45, 7) is 10.5. The Kier molecular flexibility index (Phi) is 5.48. The first-order chi connectivity index (χ1) is 14.3. The van der Waals surface area contributed by atoms with E-state index >= 15 is 0 Å². The molecule has 1 aliphatic heterocycles. The van der Waals surface area contributed by atoms with Crippen LogP contribution in [0.5, 0.6) is 5.75 Å². The molecule has 0 unspecified atom stereocenters. The molecule has 0 aliphatic carbocycles. The molecule has 0 saturated carbocycles. The van der Waals surface area contributed by atoms with Crippen molar-refractivity contribution >= 4 is 5.95 Å². The van der Waals surface area contributed by atoms with E-state index in [-0.39, 0.29) is 11.0 Å². The molecular formula is C25H29N3O2. The lowest BCUT2D eigenvalue weighted by molar-refractivity contribution is -0.0322. The Hall–Kier alpha value is -2.92. The van der Waals surface area contributed by atoms with Crippen LogP contribution in [0.2, 0.25) is 0 Å². The number of ether oxygens (including phenoxy) is 2. The van der Waals surface area contributed by atoms with Gasteiger partial charge in [-0.25, -0.2) is 9.97 Å². The van der Waals surface area contributed by atoms with Crippen LogP contribution >= 0.6 is 0 Å². The average Bonchev–Trinajstić information content (AvgIpc) is 2.73. The molecule has 4 rings (SSSR count). The van der Waals surface area contributed by atoms with Gasteiger partial charge in [0, 0.05) is 23.4 Å². The molecule has 0 spiro atoms. The van der Waals surface area contributed by atoms with Crippen LogP contribution < -0.4 is 10.1 Å². The van der Waals surface area contributed by atoms with Crippen molar-refractivity contribution in [2.75, 3.05) is 18.5 Å². The molecule has 1 saturated heterocycles. The minimum Gasteiger partial charge on any atom is -0.489 e. The van der Waals surface area contributed by atoms with E-state index in [1.54, 1.807) is 12.4 Å². The van der Waals surface area contributed by atoms with E-state index in [9.17, 15) is 0 Å². The summed E-state index contributed by atoms with van der Waals surface area (Å²) in [4.78, 5) is 8.77. The maximum atomic E-state index is 5.93. The van der Waals surface area contributed by atoms with E-state index in [2.05, 4.69) is 79.4 Å². The summed E-state index contributed by atoms with van der Waals surface area (Å²) in [5.41, 5.74) is 4.63. The second-order valence-corrected chi connectivity index (χ2v) is 8.90. The normalized spacial score (nSPS) is 15.3. The van der Waals surface area contributed by atoms with E-state index in [0.29, 0.717) is 25.8 Å². The number of anilines is 1. The van der Waals surface area contributed by atoms with Crippen molar-refractivity contribution in [1.29, 1.82) is 0 Å². The Morgan fingerprint density at radius 3 is 2.07 bits per heavy atom. The number of aryl methyl sites for hydroxylation is 1. The third-order valence-electron chi connectivity index (χ3n) is 5.71. The first-order valence-corrected chi connectivity index (χ1v) is 10.3. The fraction of sp³-hybridized carbons (Fsp3) is 0.360. The van der Waals surface area contributed by atoms with Gasteiger partial charge in [0.05, 0.1) is 18.8 Å². The van der Waals surface area contributed by atoms with Gasteiger partial charge in [0.1, 0.15) is 12.4 Å². The smallest absolute Gasteiger partial charge is 0.223 e. The lowest BCUT2D eigenvalue weighted by Gasteiger charge is -2.38. The Bertz CT molecular complexity index is 976. The molecule has 1 aromatic heterocycles. The van der Waals surface area contributed by atoms with E-state index in [4.69, 9.17) is 9.47 Å². The molecule has 0 radical (unpaired) electrons. The molecule has 156 valence electrons. The summed E-state index contributed by atoms with van der Waals surface area (Å²) < 4.78 is 11.2. The molecule has 2 aromatic carbocycles. The predicted molar refractivity (Wildman–Crippen MR) is 119 cm³/mol. The molecule has 0 bridgehead atoms. The van der Waals surface area contributed by atoms with Crippen molar-refractivity contribution in [3.05, 3.63) is 83.2 Å². The van der Waals surface area contributed by atoms with Gasteiger partial charge in [-0.15, -0.1) is 0 Å². The van der Waals surface area contributed by atoms with E-state index in [1.807, 2.05) is 12.1 Å². The fourth-order valence-corrected chi connectivity index (χ4v) is 3.52. The summed E-state index contributed by atoms with van der Waals surface area (Å²) >= 11 is 0. The molecule has 30 heavy (non-hydrogen) atoms. The number of aromatic nitrogens is 2. The van der Waals surface area contributed by atoms with Crippen LogP contribution in [-0.2, 0) is 16.8 Å². The highest BCUT2D eigenvalue weighted by Gasteiger charge is 2.33. The van der Waals surface area contributed by atoms with Crippen LogP contribution in [0.15, 0.2) is 60.9 Å². The Morgan fingerprint density at radius 2 is 1.53 bits per heavy atom. The fourth-order valence-electron chi connectivity index (χ4n) is 3.52. The molecule has 3 aromatic rings. The third kappa shape index (κ3) is 4.46. The maximum Gasteiger partial charge on any atom is 0.223 e. The quantitative estimate of drug-likeness (QED) is 0.609. The van der Waals surface area contributed by atoms with Gasteiger partial charge in [-0.3, -0.25) is 0 Å². The second kappa shape index (κ2) is 8.07. The zero-order valence-electron chi connectivity index (χ0n) is 18.1. The summed E-state index contributed by atoms with van der Waals surface area (Å²) in [6.07, 6.45) is 3.60. The van der Waals surface area contributed by atoms with Gasteiger partial charge in [0.15, 0.2) is 0 Å². The summed E-state index contributed by atoms with van der Waals surface area (Å²) in [7, 11) is 0. The minimum atomic E-state index is -0.0645. The largest absolute Gasteiger partial charge is 0.489 e. The van der Waals surface area contributed by atoms with Gasteiger partial charge < -0.3 is 14.8 Å². The van der Waals surface area contributed by atoms with Gasteiger partial charge in [-0.05, 0) is 37.1 Å². The number of hydrogen-bond donors (Lipinski definition) is 1. The van der Waals surface area contributed by atoms with Crippen molar-refractivity contribution < 1.29 is 9.47 Å². The number of rotatable bonds is 7. The molecule has 1 N–H and O–H groups in total. The zero-order valence-corrected chi connectivity index (χ0v) is 18.1. The summed E-state index contributed by atoms with van der Waals surface area (Å²) in [5, 5.41) is 3.30. The van der Waals surface area contributed by atoms with Gasteiger partial charge in [0.25, 0.3) is 0 Å². The Balaban J connectivity index is 1.36. The highest BCUT2D eigenvalue weighted by Crippen LogP contribution is 2.32. The first kappa shape index (κ1) is 20.4. The minimum absolute atomic E-state index is 0.0634. The molecule has 5 heteroatoms. The van der Waals surface area contributed by atoms with Crippen LogP contribution in [0.1, 0.15) is 43.0 Å². The lowest BCUT2D eigenvalue weighted by atomic mass is 9.78. The van der Waals surface area contributed by atoms with E-state index in [1.165, 1.54) is 16.7 Å². The number of hydrogen-bond acceptors (Lipinski definition) is 5. The molecular weight excluding hydrogens is 374 g/mol. The number of nitrogens with zero attached hydrogens (tertiary/aromatic N) is 2. The average molecular weight is 404 g/mol. The monoisotopic (exact) mass is 403 g/mol. The van der Waals surface area contributed by atoms with Crippen molar-refractivity contribution in [2.24, 2.45) is 0 Å². The second-order valence-electron chi connectivity index (χ2n) is 8.90. The van der Waals surface area contributed by atoms with Gasteiger partial charge in [0.2, 0.25) is 5.95 Å². The van der Waals surface area contributed by atoms with Crippen LogP contribution in [0.25, 0.3) is 0 Å². The van der Waals surface area contributed by atoms with Crippen LogP contribution in [0.3, 0.4) is 0 Å². The van der Waals surface area contributed by atoms with Gasteiger partial charge in [-0.1, -0.05) is 55.8 Å². The highest BCUT2D eigenvalue weighted by atomic mass is 16.5. The van der Waals surface area contributed by atoms with E-state index in [0.717, 1.165) is 11.3 Å². The molecule has 1 aliphatic rings. The van der Waals surface area contributed by atoms with Crippen LogP contribution in [-0.4, -0.2) is 28.7 Å². The van der Waals surface area contributed by atoms with Crippen LogP contribution in [0.4, 0.5) is 5.95 Å². The van der Waals surface area contributed by atoms with Crippen molar-refractivity contribution in [1.82, 2.24) is 9.97 Å². The topological polar surface area (TPSA) is 56.3 Å². The highest BCUT2D eigenvalue weighted by molar-refractivity contribution is 5.40. The SMILES string of the molecule is Cc1ccc(C(C)(C)c2ccc(OCc3cnc(NC4(C)COC4)nc3)cc2)cc1. The van der Waals surface area contributed by atoms with Crippen molar-refractivity contribution in [3.8, 4) is 5.75 Å². The Labute approximate surface area is 178 Å². The summed E-state index contributed by atoms with van der Waals surface area (Å²) in [5.74, 6) is 1.45. The standard InChI is InChI=1S/C25H29N3O2/c1-18-5-7-20(8-6-18)24(2,3)21-9-11-22(12-10-21)30-15-19-13-26-23(27-14-19)28-25(4)16-29-17-25/h5-14H,15-17H2,1-4H3,(H,26,27,28). The molecule has 0 atom stereocenters. The first-order valence-electron chi connectivity index (χ1n) is 10.3. The predicted octanol–water partition coefficient (Wildman–Crippen LogP) is 4.89. The maximum absolute atomic E-state index is 5.93. The lowest BCUT2D eigenvalue weighted by Crippen LogP contribution is -2.53. The number of nitrogens with one attached hydrogen (secondary N) is 1. The molecule has 0 amide bonds. The van der Waals surface area contributed by atoms with Gasteiger partial charge in [-0.2, -0.15) is 0 Å². The third-order valence-corrected chi connectivity index (χ3v) is 5.71. The molecule has 5 nitrogen and oxygen atoms in total. The van der Waals surface area contributed by atoms with E-state index < -0.39 is 0 Å². The number of benzene rings is 2. The zero-order chi connectivity index (χ0) is 21.2. The van der Waals surface area contributed by atoms with Crippen LogP contribution in [0, 0.1) is 6.92 Å². The molecule has 1 fully saturated rings. The van der Waals surface area contributed by atoms with Crippen molar-refractivity contribution in [2.45, 2.75) is 45.3 Å². The Morgan fingerprint density at radius 1 is 0.967 bits per heavy atom. The summed E-state index contributed by atoms with van der Waals surface area (Å²) in [6, 6.07) is 17.1.